The van der Waals surface area contributed by atoms with Crippen molar-refractivity contribution in [1.82, 2.24) is 0 Å². The molecule has 0 saturated heterocycles. The van der Waals surface area contributed by atoms with Crippen molar-refractivity contribution in [2.45, 2.75) is 20.3 Å². The van der Waals surface area contributed by atoms with E-state index in [0.717, 1.165) is 11.1 Å². The molecule has 18 heavy (non-hydrogen) atoms. The molecule has 92 valence electrons. The van der Waals surface area contributed by atoms with E-state index in [0.29, 0.717) is 10.4 Å². The van der Waals surface area contributed by atoms with E-state index in [1.165, 1.54) is 11.3 Å². The molecule has 2 rings (SSSR count). The van der Waals surface area contributed by atoms with Gasteiger partial charge in [0, 0.05) is 5.56 Å². The van der Waals surface area contributed by atoms with Gasteiger partial charge in [0.1, 0.15) is 0 Å². The summed E-state index contributed by atoms with van der Waals surface area (Å²) in [6, 6.07) is 9.20. The van der Waals surface area contributed by atoms with E-state index in [4.69, 9.17) is 0 Å². The molecule has 0 aliphatic carbocycles. The van der Waals surface area contributed by atoms with Crippen LogP contribution in [0.15, 0.2) is 35.7 Å². The van der Waals surface area contributed by atoms with Crippen LogP contribution in [0.1, 0.15) is 37.6 Å². The maximum Gasteiger partial charge on any atom is 0.180 e. The smallest absolute Gasteiger partial charge is 0.180 e. The molecule has 3 heteroatoms. The lowest BCUT2D eigenvalue weighted by atomic mass is 10.0. The molecule has 0 aliphatic heterocycles. The van der Waals surface area contributed by atoms with Crippen LogP contribution in [0.4, 0.5) is 0 Å². The normalized spacial score (nSPS) is 10.3. The van der Waals surface area contributed by atoms with Gasteiger partial charge < -0.3 is 0 Å². The van der Waals surface area contributed by atoms with Crippen LogP contribution in [0, 0.1) is 13.8 Å². The van der Waals surface area contributed by atoms with Gasteiger partial charge >= 0.3 is 0 Å². The van der Waals surface area contributed by atoms with Crippen molar-refractivity contribution in [1.29, 1.82) is 0 Å². The Kier molecular flexibility index (Phi) is 3.72. The molecular formula is C15H14O2S. The zero-order chi connectivity index (χ0) is 13.1. The fourth-order valence-electron chi connectivity index (χ4n) is 1.73. The van der Waals surface area contributed by atoms with Crippen LogP contribution in [0.25, 0.3) is 0 Å². The monoisotopic (exact) mass is 258 g/mol. The van der Waals surface area contributed by atoms with Gasteiger partial charge in [-0.3, -0.25) is 9.59 Å². The average molecular weight is 258 g/mol. The van der Waals surface area contributed by atoms with Crippen molar-refractivity contribution in [3.63, 3.8) is 0 Å². The van der Waals surface area contributed by atoms with Crippen LogP contribution >= 0.6 is 11.3 Å². The van der Waals surface area contributed by atoms with Crippen molar-refractivity contribution in [2.24, 2.45) is 0 Å². The molecular weight excluding hydrogens is 244 g/mol. The molecule has 0 aliphatic rings. The van der Waals surface area contributed by atoms with Gasteiger partial charge in [-0.25, -0.2) is 0 Å². The number of hydrogen-bond acceptors (Lipinski definition) is 3. The quantitative estimate of drug-likeness (QED) is 0.617. The highest BCUT2D eigenvalue weighted by molar-refractivity contribution is 7.12. The molecule has 1 aromatic carbocycles. The first-order chi connectivity index (χ1) is 8.58. The Labute approximate surface area is 110 Å². The second-order valence-corrected chi connectivity index (χ2v) is 5.24. The SMILES string of the molecule is Cc1ccc(C(=O)CC(=O)c2sccc2C)cc1. The van der Waals surface area contributed by atoms with Crippen LogP contribution in [0.3, 0.4) is 0 Å². The summed E-state index contributed by atoms with van der Waals surface area (Å²) in [6.45, 7) is 3.86. The second kappa shape index (κ2) is 5.27. The van der Waals surface area contributed by atoms with Crippen molar-refractivity contribution >= 4 is 22.9 Å². The highest BCUT2D eigenvalue weighted by Crippen LogP contribution is 2.18. The Balaban J connectivity index is 2.10. The average Bonchev–Trinajstić information content (AvgIpc) is 2.76. The van der Waals surface area contributed by atoms with Crippen molar-refractivity contribution in [2.75, 3.05) is 0 Å². The highest BCUT2D eigenvalue weighted by Gasteiger charge is 2.16. The van der Waals surface area contributed by atoms with Crippen LogP contribution in [-0.4, -0.2) is 11.6 Å². The second-order valence-electron chi connectivity index (χ2n) is 4.32. The molecule has 2 nitrogen and oxygen atoms in total. The fourth-order valence-corrected chi connectivity index (χ4v) is 2.59. The molecule has 0 amide bonds. The summed E-state index contributed by atoms with van der Waals surface area (Å²) in [7, 11) is 0. The Morgan fingerprint density at radius 3 is 2.22 bits per heavy atom. The van der Waals surface area contributed by atoms with Gasteiger partial charge in [0.05, 0.1) is 11.3 Å². The Morgan fingerprint density at radius 1 is 1.00 bits per heavy atom. The number of benzene rings is 1. The lowest BCUT2D eigenvalue weighted by molar-refractivity contribution is 0.0896. The molecule has 1 heterocycles. The Bertz CT molecular complexity index is 579. The van der Waals surface area contributed by atoms with Crippen LogP contribution in [0.5, 0.6) is 0 Å². The molecule has 0 atom stereocenters. The molecule has 0 spiro atoms. The molecule has 0 saturated carbocycles. The third-order valence-electron chi connectivity index (χ3n) is 2.81. The van der Waals surface area contributed by atoms with E-state index >= 15 is 0 Å². The van der Waals surface area contributed by atoms with Gasteiger partial charge in [0.25, 0.3) is 0 Å². The van der Waals surface area contributed by atoms with Crippen LogP contribution in [-0.2, 0) is 0 Å². The highest BCUT2D eigenvalue weighted by atomic mass is 32.1. The molecule has 0 radical (unpaired) electrons. The minimum absolute atomic E-state index is 0.0512. The molecule has 0 fully saturated rings. The lowest BCUT2D eigenvalue weighted by Crippen LogP contribution is -2.08. The lowest BCUT2D eigenvalue weighted by Gasteiger charge is -2.01. The van der Waals surface area contributed by atoms with Gasteiger partial charge in [-0.1, -0.05) is 29.8 Å². The van der Waals surface area contributed by atoms with E-state index in [1.54, 1.807) is 12.1 Å². The zero-order valence-corrected chi connectivity index (χ0v) is 11.2. The van der Waals surface area contributed by atoms with Crippen molar-refractivity contribution in [3.05, 3.63) is 57.3 Å². The molecule has 0 bridgehead atoms. The summed E-state index contributed by atoms with van der Waals surface area (Å²) >= 11 is 1.40. The number of carbonyl (C=O) groups is 2. The molecule has 2 aromatic rings. The number of carbonyl (C=O) groups excluding carboxylic acids is 2. The topological polar surface area (TPSA) is 34.1 Å². The standard InChI is InChI=1S/C15H14O2S/c1-10-3-5-12(6-4-10)13(16)9-14(17)15-11(2)7-8-18-15/h3-8H,9H2,1-2H3. The van der Waals surface area contributed by atoms with E-state index in [2.05, 4.69) is 0 Å². The zero-order valence-electron chi connectivity index (χ0n) is 10.4. The summed E-state index contributed by atoms with van der Waals surface area (Å²) < 4.78 is 0. The van der Waals surface area contributed by atoms with E-state index in [-0.39, 0.29) is 18.0 Å². The predicted molar refractivity (Wildman–Crippen MR) is 73.5 cm³/mol. The number of Topliss-reactive ketones (excluding diaryl/α,β-unsaturated/α-hetero) is 2. The first kappa shape index (κ1) is 12.7. The van der Waals surface area contributed by atoms with E-state index in [1.807, 2.05) is 37.4 Å². The van der Waals surface area contributed by atoms with Gasteiger partial charge in [-0.15, -0.1) is 11.3 Å². The maximum atomic E-state index is 12.0. The Morgan fingerprint density at radius 2 is 1.67 bits per heavy atom. The molecule has 1 aromatic heterocycles. The van der Waals surface area contributed by atoms with Crippen LogP contribution in [0.2, 0.25) is 0 Å². The summed E-state index contributed by atoms with van der Waals surface area (Å²) in [5, 5.41) is 1.87. The van der Waals surface area contributed by atoms with Gasteiger partial charge in [0.15, 0.2) is 11.6 Å². The minimum Gasteiger partial charge on any atom is -0.294 e. The third-order valence-corrected chi connectivity index (χ3v) is 3.87. The van der Waals surface area contributed by atoms with E-state index < -0.39 is 0 Å². The predicted octanol–water partition coefficient (Wildman–Crippen LogP) is 3.82. The first-order valence-corrected chi connectivity index (χ1v) is 6.63. The summed E-state index contributed by atoms with van der Waals surface area (Å²) in [4.78, 5) is 24.6. The summed E-state index contributed by atoms with van der Waals surface area (Å²) in [5.74, 6) is -0.208. The number of aryl methyl sites for hydroxylation is 2. The summed E-state index contributed by atoms with van der Waals surface area (Å²) in [5.41, 5.74) is 2.65. The largest absolute Gasteiger partial charge is 0.294 e. The number of thiophene rings is 1. The van der Waals surface area contributed by atoms with Crippen LogP contribution < -0.4 is 0 Å². The minimum atomic E-state index is -0.118. The first-order valence-electron chi connectivity index (χ1n) is 5.75. The number of hydrogen-bond donors (Lipinski definition) is 0. The number of ketones is 2. The van der Waals surface area contributed by atoms with Gasteiger partial charge in [-0.2, -0.15) is 0 Å². The van der Waals surface area contributed by atoms with Gasteiger partial charge in [0.2, 0.25) is 0 Å². The molecule has 0 unspecified atom stereocenters. The number of rotatable bonds is 4. The fraction of sp³-hybridized carbons (Fsp3) is 0.200. The maximum absolute atomic E-state index is 12.0. The van der Waals surface area contributed by atoms with Crippen molar-refractivity contribution in [3.8, 4) is 0 Å². The van der Waals surface area contributed by atoms with Gasteiger partial charge in [-0.05, 0) is 30.9 Å². The summed E-state index contributed by atoms with van der Waals surface area (Å²) in [6.07, 6.45) is -0.0512. The third kappa shape index (κ3) is 2.74. The van der Waals surface area contributed by atoms with E-state index in [9.17, 15) is 9.59 Å². The van der Waals surface area contributed by atoms with Crippen molar-refractivity contribution < 1.29 is 9.59 Å². The Hall–Kier alpha value is -1.74. The molecule has 0 N–H and O–H groups in total.